The first-order chi connectivity index (χ1) is 14.0. The lowest BCUT2D eigenvalue weighted by molar-refractivity contribution is -0.111. The number of carbonyl (C=O) groups excluding carboxylic acids is 2. The molecule has 0 aliphatic carbocycles. The molecule has 0 spiro atoms. The summed E-state index contributed by atoms with van der Waals surface area (Å²) in [6, 6.07) is 15.2. The number of ether oxygens (including phenoxy) is 2. The van der Waals surface area contributed by atoms with Gasteiger partial charge in [0.05, 0.1) is 14.2 Å². The summed E-state index contributed by atoms with van der Waals surface area (Å²) in [5.41, 5.74) is 3.96. The Kier molecular flexibility index (Phi) is 6.46. The van der Waals surface area contributed by atoms with Crippen molar-refractivity contribution in [2.24, 2.45) is 0 Å². The second kappa shape index (κ2) is 9.21. The van der Waals surface area contributed by atoms with Crippen LogP contribution in [0.4, 0.5) is 5.00 Å². The molecule has 148 valence electrons. The van der Waals surface area contributed by atoms with Gasteiger partial charge in [0.1, 0.15) is 16.3 Å². The summed E-state index contributed by atoms with van der Waals surface area (Å²) in [4.78, 5) is 24.8. The van der Waals surface area contributed by atoms with E-state index in [4.69, 9.17) is 9.47 Å². The lowest BCUT2D eigenvalue weighted by Crippen LogP contribution is -2.11. The van der Waals surface area contributed by atoms with Gasteiger partial charge in [-0.1, -0.05) is 42.0 Å². The highest BCUT2D eigenvalue weighted by molar-refractivity contribution is 7.15. The van der Waals surface area contributed by atoms with Crippen LogP contribution in [-0.4, -0.2) is 26.1 Å². The normalized spacial score (nSPS) is 10.7. The Labute approximate surface area is 173 Å². The van der Waals surface area contributed by atoms with Crippen LogP contribution in [0.2, 0.25) is 0 Å². The van der Waals surface area contributed by atoms with Crippen LogP contribution >= 0.6 is 11.3 Å². The van der Waals surface area contributed by atoms with E-state index in [1.165, 1.54) is 24.5 Å². The Morgan fingerprint density at radius 3 is 2.31 bits per heavy atom. The Morgan fingerprint density at radius 1 is 1.00 bits per heavy atom. The van der Waals surface area contributed by atoms with E-state index >= 15 is 0 Å². The van der Waals surface area contributed by atoms with Gasteiger partial charge in [-0.2, -0.15) is 0 Å². The molecule has 0 unspecified atom stereocenters. The van der Waals surface area contributed by atoms with Crippen molar-refractivity contribution in [1.82, 2.24) is 0 Å². The molecule has 0 fully saturated rings. The molecule has 6 heteroatoms. The van der Waals surface area contributed by atoms with Crippen LogP contribution in [-0.2, 0) is 9.53 Å². The standard InChI is InChI=1S/C23H21NO4S/c1-15-4-9-17(10-5-15)19-14-29-22(21(19)23(26)28-3)24-20(25)13-8-16-6-11-18(27-2)12-7-16/h4-14H,1-3H3,(H,24,25). The minimum Gasteiger partial charge on any atom is -0.497 e. The number of hydrogen-bond acceptors (Lipinski definition) is 5. The predicted octanol–water partition coefficient (Wildman–Crippen LogP) is 5.17. The molecule has 1 amide bonds. The monoisotopic (exact) mass is 407 g/mol. The van der Waals surface area contributed by atoms with Crippen LogP contribution in [0.15, 0.2) is 60.0 Å². The summed E-state index contributed by atoms with van der Waals surface area (Å²) in [5, 5.41) is 5.09. The molecular formula is C23H21NO4S. The summed E-state index contributed by atoms with van der Waals surface area (Å²) < 4.78 is 10.1. The average molecular weight is 407 g/mol. The average Bonchev–Trinajstić information content (AvgIpc) is 3.16. The van der Waals surface area contributed by atoms with Gasteiger partial charge in [-0.25, -0.2) is 4.79 Å². The second-order valence-electron chi connectivity index (χ2n) is 6.31. The van der Waals surface area contributed by atoms with E-state index in [1.54, 1.807) is 13.2 Å². The molecule has 0 aliphatic rings. The Bertz CT molecular complexity index is 1030. The number of nitrogens with one attached hydrogen (secondary N) is 1. The Morgan fingerprint density at radius 2 is 1.69 bits per heavy atom. The summed E-state index contributed by atoms with van der Waals surface area (Å²) in [7, 11) is 2.93. The minimum absolute atomic E-state index is 0.330. The lowest BCUT2D eigenvalue weighted by Gasteiger charge is -2.07. The first kappa shape index (κ1) is 20.4. The third-order valence-electron chi connectivity index (χ3n) is 4.32. The van der Waals surface area contributed by atoms with E-state index in [1.807, 2.05) is 60.8 Å². The molecule has 0 aliphatic heterocycles. The van der Waals surface area contributed by atoms with Crippen molar-refractivity contribution in [3.05, 3.63) is 76.7 Å². The van der Waals surface area contributed by atoms with Gasteiger partial charge in [0.25, 0.3) is 0 Å². The van der Waals surface area contributed by atoms with Crippen molar-refractivity contribution in [3.63, 3.8) is 0 Å². The largest absolute Gasteiger partial charge is 0.497 e. The Balaban J connectivity index is 1.82. The smallest absolute Gasteiger partial charge is 0.341 e. The molecule has 0 saturated carbocycles. The number of benzene rings is 2. The van der Waals surface area contributed by atoms with E-state index in [9.17, 15) is 9.59 Å². The third-order valence-corrected chi connectivity index (χ3v) is 5.22. The van der Waals surface area contributed by atoms with E-state index in [0.717, 1.165) is 28.0 Å². The highest BCUT2D eigenvalue weighted by Crippen LogP contribution is 2.36. The SMILES string of the molecule is COC(=O)c1c(-c2ccc(C)cc2)csc1NC(=O)C=Cc1ccc(OC)cc1. The molecule has 0 radical (unpaired) electrons. The van der Waals surface area contributed by atoms with Gasteiger partial charge in [-0.15, -0.1) is 11.3 Å². The lowest BCUT2D eigenvalue weighted by atomic mass is 10.0. The van der Waals surface area contributed by atoms with Crippen molar-refractivity contribution >= 4 is 34.3 Å². The molecule has 3 rings (SSSR count). The van der Waals surface area contributed by atoms with E-state index < -0.39 is 5.97 Å². The van der Waals surface area contributed by atoms with Crippen molar-refractivity contribution in [2.75, 3.05) is 19.5 Å². The maximum Gasteiger partial charge on any atom is 0.341 e. The number of anilines is 1. The van der Waals surface area contributed by atoms with Gasteiger partial charge in [0, 0.05) is 17.0 Å². The molecule has 0 bridgehead atoms. The molecule has 5 nitrogen and oxygen atoms in total. The van der Waals surface area contributed by atoms with Crippen LogP contribution < -0.4 is 10.1 Å². The summed E-state index contributed by atoms with van der Waals surface area (Å²) >= 11 is 1.29. The second-order valence-corrected chi connectivity index (χ2v) is 7.19. The number of aryl methyl sites for hydroxylation is 1. The van der Waals surface area contributed by atoms with Crippen molar-refractivity contribution in [3.8, 4) is 16.9 Å². The fraction of sp³-hybridized carbons (Fsp3) is 0.130. The van der Waals surface area contributed by atoms with Gasteiger partial charge in [0.15, 0.2) is 0 Å². The van der Waals surface area contributed by atoms with Gasteiger partial charge in [0.2, 0.25) is 5.91 Å². The minimum atomic E-state index is -0.490. The van der Waals surface area contributed by atoms with Crippen LogP contribution in [0.25, 0.3) is 17.2 Å². The van der Waals surface area contributed by atoms with E-state index in [2.05, 4.69) is 5.32 Å². The maximum absolute atomic E-state index is 12.4. The first-order valence-corrected chi connectivity index (χ1v) is 9.79. The van der Waals surface area contributed by atoms with Crippen molar-refractivity contribution < 1.29 is 19.1 Å². The van der Waals surface area contributed by atoms with Crippen molar-refractivity contribution in [1.29, 1.82) is 0 Å². The van der Waals surface area contributed by atoms with Crippen LogP contribution in [0.5, 0.6) is 5.75 Å². The number of rotatable bonds is 6. The fourth-order valence-electron chi connectivity index (χ4n) is 2.74. The van der Waals surface area contributed by atoms with Crippen LogP contribution in [0, 0.1) is 6.92 Å². The summed E-state index contributed by atoms with van der Waals surface area (Å²) in [6.45, 7) is 2.00. The highest BCUT2D eigenvalue weighted by atomic mass is 32.1. The topological polar surface area (TPSA) is 64.6 Å². The maximum atomic E-state index is 12.4. The van der Waals surface area contributed by atoms with Gasteiger partial charge >= 0.3 is 5.97 Å². The van der Waals surface area contributed by atoms with Gasteiger partial charge < -0.3 is 14.8 Å². The fourth-order valence-corrected chi connectivity index (χ4v) is 3.70. The van der Waals surface area contributed by atoms with E-state index in [0.29, 0.717) is 10.6 Å². The number of carbonyl (C=O) groups is 2. The number of hydrogen-bond donors (Lipinski definition) is 1. The molecule has 1 N–H and O–H groups in total. The van der Waals surface area contributed by atoms with Gasteiger partial charge in [-0.3, -0.25) is 4.79 Å². The molecule has 0 saturated heterocycles. The molecule has 3 aromatic rings. The molecule has 0 atom stereocenters. The molecule has 2 aromatic carbocycles. The van der Waals surface area contributed by atoms with Crippen molar-refractivity contribution in [2.45, 2.75) is 6.92 Å². The molecule has 29 heavy (non-hydrogen) atoms. The summed E-state index contributed by atoms with van der Waals surface area (Å²) in [5.74, 6) is -0.0731. The Hall–Kier alpha value is -3.38. The van der Waals surface area contributed by atoms with Crippen LogP contribution in [0.3, 0.4) is 0 Å². The van der Waals surface area contributed by atoms with E-state index in [-0.39, 0.29) is 5.91 Å². The first-order valence-electron chi connectivity index (χ1n) is 8.91. The summed E-state index contributed by atoms with van der Waals surface area (Å²) in [6.07, 6.45) is 3.12. The highest BCUT2D eigenvalue weighted by Gasteiger charge is 2.21. The number of methoxy groups -OCH3 is 2. The quantitative estimate of drug-likeness (QED) is 0.452. The molecule has 1 aromatic heterocycles. The van der Waals surface area contributed by atoms with Gasteiger partial charge in [-0.05, 0) is 36.3 Å². The third kappa shape index (κ3) is 4.92. The number of thiophene rings is 1. The zero-order valence-electron chi connectivity index (χ0n) is 16.4. The molecule has 1 heterocycles. The zero-order chi connectivity index (χ0) is 20.8. The van der Waals surface area contributed by atoms with Crippen LogP contribution in [0.1, 0.15) is 21.5 Å². The zero-order valence-corrected chi connectivity index (χ0v) is 17.2. The predicted molar refractivity (Wildman–Crippen MR) is 116 cm³/mol. The number of esters is 1. The molecular weight excluding hydrogens is 386 g/mol. The number of amides is 1.